The minimum absolute atomic E-state index is 0.295. The Morgan fingerprint density at radius 2 is 2.30 bits per heavy atom. The normalized spacial score (nSPS) is 26.9. The van der Waals surface area contributed by atoms with E-state index in [2.05, 4.69) is 47.5 Å². The van der Waals surface area contributed by atoms with Gasteiger partial charge in [0.25, 0.3) is 0 Å². The number of carbonyl (C=O) groups is 1. The number of aromatic nitrogens is 1. The molecule has 0 radical (unpaired) electrons. The Morgan fingerprint density at radius 3 is 3.04 bits per heavy atom. The summed E-state index contributed by atoms with van der Waals surface area (Å²) in [5.74, 6) is -0.677. The van der Waals surface area contributed by atoms with E-state index in [1.165, 1.54) is 22.0 Å². The van der Waals surface area contributed by atoms with Gasteiger partial charge in [0, 0.05) is 49.2 Å². The smallest absolute Gasteiger partial charge is 0.307 e. The van der Waals surface area contributed by atoms with Crippen LogP contribution in [0.1, 0.15) is 23.5 Å². The van der Waals surface area contributed by atoms with Crippen LogP contribution < -0.4 is 0 Å². The zero-order chi connectivity index (χ0) is 16.1. The van der Waals surface area contributed by atoms with E-state index in [1.54, 1.807) is 0 Å². The van der Waals surface area contributed by atoms with Gasteiger partial charge in [-0.25, -0.2) is 0 Å². The van der Waals surface area contributed by atoms with Crippen molar-refractivity contribution in [1.82, 2.24) is 9.47 Å². The van der Waals surface area contributed by atoms with E-state index in [4.69, 9.17) is 0 Å². The molecule has 0 spiro atoms. The lowest BCUT2D eigenvalue weighted by molar-refractivity contribution is -0.144. The molecule has 0 unspecified atom stereocenters. The summed E-state index contributed by atoms with van der Waals surface area (Å²) in [7, 11) is 2.09. The molecule has 2 heterocycles. The van der Waals surface area contributed by atoms with Gasteiger partial charge >= 0.3 is 5.97 Å². The quantitative estimate of drug-likeness (QED) is 0.887. The number of piperidine rings is 1. The van der Waals surface area contributed by atoms with Gasteiger partial charge in [0.05, 0.1) is 5.92 Å². The third-order valence-electron chi connectivity index (χ3n) is 5.59. The highest BCUT2D eigenvalue weighted by atomic mass is 16.4. The number of benzene rings is 1. The molecule has 2 aromatic rings. The van der Waals surface area contributed by atoms with Gasteiger partial charge in [-0.3, -0.25) is 9.69 Å². The van der Waals surface area contributed by atoms with Crippen molar-refractivity contribution in [3.63, 3.8) is 0 Å². The summed E-state index contributed by atoms with van der Waals surface area (Å²) >= 11 is 0. The number of hydrogen-bond donors (Lipinski definition) is 1. The van der Waals surface area contributed by atoms with Crippen LogP contribution in [0.25, 0.3) is 10.9 Å². The molecule has 4 rings (SSSR count). The van der Waals surface area contributed by atoms with Crippen LogP contribution in [0.5, 0.6) is 0 Å². The Hall–Kier alpha value is -2.07. The van der Waals surface area contributed by atoms with Crippen molar-refractivity contribution < 1.29 is 9.90 Å². The Balaban J connectivity index is 1.84. The average Bonchev–Trinajstić information content (AvgIpc) is 2.86. The Bertz CT molecular complexity index is 792. The average molecular weight is 310 g/mol. The number of fused-ring (bicyclic) bond motifs is 2. The molecule has 0 amide bonds. The number of hydrogen-bond acceptors (Lipinski definition) is 2. The fraction of sp³-hybridized carbons (Fsp3) is 0.421. The molecule has 23 heavy (non-hydrogen) atoms. The summed E-state index contributed by atoms with van der Waals surface area (Å²) < 4.78 is 2.19. The molecule has 1 aliphatic carbocycles. The summed E-state index contributed by atoms with van der Waals surface area (Å²) in [6.45, 7) is 5.23. The summed E-state index contributed by atoms with van der Waals surface area (Å²) in [6, 6.07) is 6.83. The van der Waals surface area contributed by atoms with E-state index < -0.39 is 5.97 Å². The lowest BCUT2D eigenvalue weighted by Gasteiger charge is -2.45. The number of carboxylic acid groups (broad SMARTS) is 1. The standard InChI is InChI=1S/C19H22N2O2/c1-3-7-21-11-13(19(22)23)8-15-14-5-4-6-16-18(14)12(9-17(15)21)10-20(16)2/h3-6,10,13,15,17H,1,7-9,11H2,2H3,(H,22,23)/t13-,15-,17-/m1/s1. The van der Waals surface area contributed by atoms with Crippen molar-refractivity contribution in [3.8, 4) is 0 Å². The minimum Gasteiger partial charge on any atom is -0.481 e. The maximum absolute atomic E-state index is 11.6. The zero-order valence-corrected chi connectivity index (χ0v) is 13.4. The molecule has 4 heteroatoms. The summed E-state index contributed by atoms with van der Waals surface area (Å²) in [6.07, 6.45) is 5.86. The molecule has 4 nitrogen and oxygen atoms in total. The van der Waals surface area contributed by atoms with Crippen LogP contribution in [-0.4, -0.2) is 39.7 Å². The van der Waals surface area contributed by atoms with Crippen molar-refractivity contribution in [1.29, 1.82) is 0 Å². The maximum Gasteiger partial charge on any atom is 0.307 e. The van der Waals surface area contributed by atoms with Gasteiger partial charge < -0.3 is 9.67 Å². The molecule has 1 N–H and O–H groups in total. The number of aliphatic carboxylic acids is 1. The molecule has 1 aromatic heterocycles. The van der Waals surface area contributed by atoms with Gasteiger partial charge in [0.1, 0.15) is 0 Å². The number of rotatable bonds is 3. The first-order chi connectivity index (χ1) is 11.1. The second-order valence-electron chi connectivity index (χ2n) is 6.90. The van der Waals surface area contributed by atoms with Crippen molar-refractivity contribution in [3.05, 3.63) is 48.2 Å². The number of aryl methyl sites for hydroxylation is 1. The van der Waals surface area contributed by atoms with Crippen molar-refractivity contribution in [2.45, 2.75) is 24.8 Å². The van der Waals surface area contributed by atoms with Crippen molar-refractivity contribution in [2.24, 2.45) is 13.0 Å². The van der Waals surface area contributed by atoms with Gasteiger partial charge in [0.2, 0.25) is 0 Å². The molecule has 1 aromatic carbocycles. The SMILES string of the molecule is C=CCN1C[C@H](C(=O)O)C[C@@H]2c3cccc4c3c(cn4C)C[C@H]21. The van der Waals surface area contributed by atoms with Gasteiger partial charge in [-0.1, -0.05) is 18.2 Å². The maximum atomic E-state index is 11.6. The summed E-state index contributed by atoms with van der Waals surface area (Å²) in [5, 5.41) is 10.9. The fourth-order valence-electron chi connectivity index (χ4n) is 4.63. The number of likely N-dealkylation sites (tertiary alicyclic amines) is 1. The molecular weight excluding hydrogens is 288 g/mol. The summed E-state index contributed by atoms with van der Waals surface area (Å²) in [4.78, 5) is 13.9. The minimum atomic E-state index is -0.677. The third-order valence-corrected chi connectivity index (χ3v) is 5.59. The van der Waals surface area contributed by atoms with Gasteiger partial charge in [-0.2, -0.15) is 0 Å². The van der Waals surface area contributed by atoms with Crippen molar-refractivity contribution in [2.75, 3.05) is 13.1 Å². The van der Waals surface area contributed by atoms with E-state index in [-0.39, 0.29) is 5.92 Å². The molecule has 0 saturated carbocycles. The molecular formula is C19H22N2O2. The Labute approximate surface area is 136 Å². The predicted molar refractivity (Wildman–Crippen MR) is 90.7 cm³/mol. The molecule has 2 aliphatic rings. The molecule has 3 atom stereocenters. The third kappa shape index (κ3) is 2.12. The van der Waals surface area contributed by atoms with E-state index in [9.17, 15) is 9.90 Å². The second-order valence-corrected chi connectivity index (χ2v) is 6.90. The van der Waals surface area contributed by atoms with E-state index in [0.29, 0.717) is 18.5 Å². The second kappa shape index (κ2) is 5.24. The lowest BCUT2D eigenvalue weighted by Crippen LogP contribution is -2.51. The molecule has 120 valence electrons. The van der Waals surface area contributed by atoms with Gasteiger partial charge in [-0.05, 0) is 30.0 Å². The number of carboxylic acids is 1. The Morgan fingerprint density at radius 1 is 1.48 bits per heavy atom. The first-order valence-corrected chi connectivity index (χ1v) is 8.24. The number of nitrogens with zero attached hydrogens (tertiary/aromatic N) is 2. The lowest BCUT2D eigenvalue weighted by atomic mass is 9.72. The molecule has 1 fully saturated rings. The van der Waals surface area contributed by atoms with Crippen LogP contribution in [0.4, 0.5) is 0 Å². The summed E-state index contributed by atoms with van der Waals surface area (Å²) in [5.41, 5.74) is 3.97. The van der Waals surface area contributed by atoms with E-state index in [0.717, 1.165) is 19.4 Å². The van der Waals surface area contributed by atoms with Crippen LogP contribution in [-0.2, 0) is 18.3 Å². The van der Waals surface area contributed by atoms with Crippen molar-refractivity contribution >= 4 is 16.9 Å². The molecule has 1 saturated heterocycles. The largest absolute Gasteiger partial charge is 0.481 e. The zero-order valence-electron chi connectivity index (χ0n) is 13.4. The van der Waals surface area contributed by atoms with E-state index >= 15 is 0 Å². The van der Waals surface area contributed by atoms with Gasteiger partial charge in [0.15, 0.2) is 0 Å². The highest BCUT2D eigenvalue weighted by Gasteiger charge is 2.42. The highest BCUT2D eigenvalue weighted by Crippen LogP contribution is 2.45. The van der Waals surface area contributed by atoms with Crippen LogP contribution in [0, 0.1) is 5.92 Å². The van der Waals surface area contributed by atoms with Crippen LogP contribution in [0.3, 0.4) is 0 Å². The molecule has 1 aliphatic heterocycles. The van der Waals surface area contributed by atoms with Gasteiger partial charge in [-0.15, -0.1) is 6.58 Å². The first kappa shape index (κ1) is 14.5. The van der Waals surface area contributed by atoms with E-state index in [1.807, 2.05) is 6.08 Å². The fourth-order valence-corrected chi connectivity index (χ4v) is 4.63. The van der Waals surface area contributed by atoms with Crippen LogP contribution >= 0.6 is 0 Å². The Kier molecular flexibility index (Phi) is 3.31. The first-order valence-electron chi connectivity index (χ1n) is 8.24. The topological polar surface area (TPSA) is 45.5 Å². The molecule has 0 bridgehead atoms. The predicted octanol–water partition coefficient (Wildman–Crippen LogP) is 2.78. The highest BCUT2D eigenvalue weighted by molar-refractivity contribution is 5.89. The van der Waals surface area contributed by atoms with Crippen LogP contribution in [0.15, 0.2) is 37.1 Å². The van der Waals surface area contributed by atoms with Crippen LogP contribution in [0.2, 0.25) is 0 Å². The monoisotopic (exact) mass is 310 g/mol.